The molecule has 0 aliphatic rings. The summed E-state index contributed by atoms with van der Waals surface area (Å²) in [6.45, 7) is 15.0. The van der Waals surface area contributed by atoms with Crippen LogP contribution in [-0.4, -0.2) is 77.2 Å². The van der Waals surface area contributed by atoms with E-state index >= 15 is 0 Å². The largest absolute Gasteiger partial charge is 0.423 e. The van der Waals surface area contributed by atoms with E-state index in [2.05, 4.69) is 98.6 Å². The van der Waals surface area contributed by atoms with Crippen LogP contribution in [0.1, 0.15) is 78.2 Å². The van der Waals surface area contributed by atoms with Gasteiger partial charge >= 0.3 is 5.97 Å². The van der Waals surface area contributed by atoms with Crippen LogP contribution in [-0.2, 0) is 34.2 Å². The van der Waals surface area contributed by atoms with Crippen molar-refractivity contribution in [3.63, 3.8) is 0 Å². The van der Waals surface area contributed by atoms with E-state index in [1.165, 1.54) is 0 Å². The summed E-state index contributed by atoms with van der Waals surface area (Å²) in [5, 5.41) is 2.86. The second-order valence-electron chi connectivity index (χ2n) is 17.1. The third-order valence-corrected chi connectivity index (χ3v) is 11.0. The summed E-state index contributed by atoms with van der Waals surface area (Å²) < 4.78 is 27.0. The Morgan fingerprint density at radius 3 is 2.13 bits per heavy atom. The lowest BCUT2D eigenvalue weighted by Crippen LogP contribution is -2.27. The quantitative estimate of drug-likeness (QED) is 0.0458. The van der Waals surface area contributed by atoms with E-state index in [9.17, 15) is 9.59 Å². The Morgan fingerprint density at radius 1 is 0.730 bits per heavy atom. The summed E-state index contributed by atoms with van der Waals surface area (Å²) in [5.74, 6) is 1.59. The number of hydrogen-bond acceptors (Lipinski definition) is 8. The summed E-state index contributed by atoms with van der Waals surface area (Å²) in [6.07, 6.45) is 2.85. The van der Waals surface area contributed by atoms with Gasteiger partial charge in [0.1, 0.15) is 17.4 Å². The van der Waals surface area contributed by atoms with Crippen molar-refractivity contribution < 1.29 is 28.5 Å². The van der Waals surface area contributed by atoms with E-state index in [0.29, 0.717) is 63.0 Å². The van der Waals surface area contributed by atoms with E-state index in [-0.39, 0.29) is 11.3 Å². The zero-order valence-corrected chi connectivity index (χ0v) is 37.4. The molecule has 0 saturated carbocycles. The van der Waals surface area contributed by atoms with Crippen LogP contribution in [0.3, 0.4) is 0 Å². The summed E-state index contributed by atoms with van der Waals surface area (Å²) in [6, 6.07) is 34.9. The van der Waals surface area contributed by atoms with Crippen LogP contribution in [0.5, 0.6) is 5.75 Å². The Morgan fingerprint density at radius 2 is 1.41 bits per heavy atom. The molecule has 0 bridgehead atoms. The maximum atomic E-state index is 13.6. The van der Waals surface area contributed by atoms with Crippen LogP contribution in [0.15, 0.2) is 109 Å². The number of aryl methyl sites for hydroxylation is 3. The van der Waals surface area contributed by atoms with Crippen molar-refractivity contribution in [2.45, 2.75) is 60.4 Å². The Kier molecular flexibility index (Phi) is 14.8. The molecule has 63 heavy (non-hydrogen) atoms. The van der Waals surface area contributed by atoms with Gasteiger partial charge in [-0.15, -0.1) is 0 Å². The van der Waals surface area contributed by atoms with Crippen LogP contribution in [0, 0.1) is 12.3 Å². The second-order valence-corrected chi connectivity index (χ2v) is 17.1. The minimum atomic E-state index is -0.484. The van der Waals surface area contributed by atoms with Gasteiger partial charge in [0, 0.05) is 44.3 Å². The molecule has 2 aromatic heterocycles. The topological polar surface area (TPSA) is 119 Å². The van der Waals surface area contributed by atoms with Crippen LogP contribution >= 0.6 is 0 Å². The highest BCUT2D eigenvalue weighted by atomic mass is 16.5. The van der Waals surface area contributed by atoms with Gasteiger partial charge in [-0.2, -0.15) is 0 Å². The number of carbonyl (C=O) groups is 2. The van der Waals surface area contributed by atoms with Crippen molar-refractivity contribution in [1.29, 1.82) is 0 Å². The molecule has 0 spiro atoms. The predicted molar refractivity (Wildman–Crippen MR) is 249 cm³/mol. The lowest BCUT2D eigenvalue weighted by atomic mass is 9.93. The molecule has 7 aromatic rings. The number of imidazole rings is 2. The first kappa shape index (κ1) is 44.9. The molecule has 5 aromatic carbocycles. The Bertz CT molecular complexity index is 2640. The van der Waals surface area contributed by atoms with Crippen LogP contribution in [0.25, 0.3) is 44.6 Å². The monoisotopic (exact) mass is 849 g/mol. The fraction of sp³-hybridized carbons (Fsp3) is 0.346. The van der Waals surface area contributed by atoms with Crippen molar-refractivity contribution >= 4 is 33.9 Å². The predicted octanol–water partition coefficient (Wildman–Crippen LogP) is 10.0. The molecule has 0 fully saturated rings. The number of fused-ring (bicyclic) bond motifs is 2. The lowest BCUT2D eigenvalue weighted by molar-refractivity contribution is 0.0109. The summed E-state index contributed by atoms with van der Waals surface area (Å²) in [4.78, 5) is 36.4. The number of nitrogens with zero attached hydrogens (tertiary/aromatic N) is 4. The van der Waals surface area contributed by atoms with Crippen molar-refractivity contribution in [3.8, 4) is 28.3 Å². The molecule has 0 aliphatic heterocycles. The maximum Gasteiger partial charge on any atom is 0.344 e. The minimum Gasteiger partial charge on any atom is -0.423 e. The maximum absolute atomic E-state index is 13.6. The summed E-state index contributed by atoms with van der Waals surface area (Å²) in [7, 11) is 2.06. The number of aromatic nitrogens is 4. The van der Waals surface area contributed by atoms with E-state index in [1.54, 1.807) is 30.3 Å². The number of esters is 1. The highest BCUT2D eigenvalue weighted by Crippen LogP contribution is 2.32. The Balaban J connectivity index is 0.939. The summed E-state index contributed by atoms with van der Waals surface area (Å²) in [5.41, 5.74) is 10.3. The molecule has 0 atom stereocenters. The average Bonchev–Trinajstić information content (AvgIpc) is 3.80. The molecule has 1 N–H and O–H groups in total. The molecule has 11 heteroatoms. The van der Waals surface area contributed by atoms with E-state index in [0.717, 1.165) is 87.4 Å². The van der Waals surface area contributed by atoms with E-state index in [1.807, 2.05) is 36.4 Å². The molecule has 0 unspecified atom stereocenters. The molecule has 0 saturated heterocycles. The molecule has 328 valence electrons. The first-order valence-electron chi connectivity index (χ1n) is 21.9. The van der Waals surface area contributed by atoms with Gasteiger partial charge in [0.25, 0.3) is 5.91 Å². The fourth-order valence-corrected chi connectivity index (χ4v) is 7.54. The Hall–Kier alpha value is -6.14. The molecule has 0 aliphatic carbocycles. The molecule has 11 nitrogen and oxygen atoms in total. The van der Waals surface area contributed by atoms with Gasteiger partial charge < -0.3 is 33.4 Å². The van der Waals surface area contributed by atoms with Gasteiger partial charge in [0.05, 0.1) is 60.7 Å². The molecule has 1 amide bonds. The standard InChI is InChI=1S/C52H59N5O6/c1-7-12-47-55-48-36(2)33-40(49-54-44-15-10-11-16-45(44)56(49)6)34-46(48)57(47)35-37-17-19-38(20-18-37)42-13-8-9-14-43(42)51(59)63-41-23-21-39(22-24-41)50(58)53-26-28-61-30-32-62-31-29-60-27-25-52(3,4)5/h8-11,13-24,33-34H,7,12,25-32,35H2,1-6H3,(H,53,58). The summed E-state index contributed by atoms with van der Waals surface area (Å²) >= 11 is 0. The van der Waals surface area contributed by atoms with Crippen molar-refractivity contribution in [2.24, 2.45) is 12.5 Å². The number of hydrogen-bond donors (Lipinski definition) is 1. The third kappa shape index (κ3) is 11.5. The van der Waals surface area contributed by atoms with Gasteiger partial charge in [-0.25, -0.2) is 14.8 Å². The van der Waals surface area contributed by atoms with Crippen LogP contribution < -0.4 is 10.1 Å². The van der Waals surface area contributed by atoms with Gasteiger partial charge in [0.2, 0.25) is 0 Å². The second kappa shape index (κ2) is 20.8. The first-order chi connectivity index (χ1) is 30.5. The van der Waals surface area contributed by atoms with Crippen molar-refractivity contribution in [3.05, 3.63) is 137 Å². The van der Waals surface area contributed by atoms with Crippen LogP contribution in [0.2, 0.25) is 0 Å². The molecular formula is C52H59N5O6. The van der Waals surface area contributed by atoms with Crippen molar-refractivity contribution in [2.75, 3.05) is 46.2 Å². The Labute approximate surface area is 370 Å². The molecular weight excluding hydrogens is 791 g/mol. The highest BCUT2D eigenvalue weighted by Gasteiger charge is 2.19. The van der Waals surface area contributed by atoms with Gasteiger partial charge in [-0.3, -0.25) is 4.79 Å². The fourth-order valence-electron chi connectivity index (χ4n) is 7.54. The smallest absolute Gasteiger partial charge is 0.344 e. The highest BCUT2D eigenvalue weighted by molar-refractivity contribution is 5.99. The first-order valence-corrected chi connectivity index (χ1v) is 21.9. The van der Waals surface area contributed by atoms with E-state index in [4.69, 9.17) is 28.9 Å². The van der Waals surface area contributed by atoms with Crippen LogP contribution in [0.4, 0.5) is 0 Å². The lowest BCUT2D eigenvalue weighted by Gasteiger charge is -2.17. The number of ether oxygens (including phenoxy) is 4. The number of carbonyl (C=O) groups excluding carboxylic acids is 2. The number of amides is 1. The molecule has 0 radical (unpaired) electrons. The number of benzene rings is 5. The van der Waals surface area contributed by atoms with Gasteiger partial charge in [-0.1, -0.05) is 82.3 Å². The number of rotatable bonds is 20. The number of nitrogens with one attached hydrogen (secondary N) is 1. The van der Waals surface area contributed by atoms with E-state index < -0.39 is 5.97 Å². The zero-order chi connectivity index (χ0) is 44.3. The molecule has 7 rings (SSSR count). The van der Waals surface area contributed by atoms with Gasteiger partial charge in [-0.05, 0) is 102 Å². The number of para-hydroxylation sites is 2. The zero-order valence-electron chi connectivity index (χ0n) is 37.4. The normalized spacial score (nSPS) is 11.7. The average molecular weight is 850 g/mol. The SMILES string of the molecule is CCCc1nc2c(C)cc(-c3nc4ccccc4n3C)cc2n1Cc1ccc(-c2ccccc2C(=O)Oc2ccc(C(=O)NCCOCCOCCOCCC(C)(C)C)cc2)cc1. The van der Waals surface area contributed by atoms with Gasteiger partial charge in [0.15, 0.2) is 0 Å². The molecule has 2 heterocycles. The van der Waals surface area contributed by atoms with Crippen molar-refractivity contribution in [1.82, 2.24) is 24.4 Å². The minimum absolute atomic E-state index is 0.241. The third-order valence-electron chi connectivity index (χ3n) is 11.0.